The van der Waals surface area contributed by atoms with Gasteiger partial charge in [-0.3, -0.25) is 0 Å². The van der Waals surface area contributed by atoms with Gasteiger partial charge < -0.3 is 10.0 Å². The molecule has 1 heterocycles. The van der Waals surface area contributed by atoms with Crippen LogP contribution in [0.2, 0.25) is 5.02 Å². The van der Waals surface area contributed by atoms with E-state index in [1.54, 1.807) is 6.20 Å². The lowest BCUT2D eigenvalue weighted by atomic mass is 10.2. The summed E-state index contributed by atoms with van der Waals surface area (Å²) in [4.78, 5) is 6.49. The number of aromatic nitrogens is 1. The number of pyridine rings is 1. The molecule has 0 aromatic carbocycles. The van der Waals surface area contributed by atoms with Gasteiger partial charge in [-0.2, -0.15) is 0 Å². The van der Waals surface area contributed by atoms with Crippen molar-refractivity contribution in [1.82, 2.24) is 4.98 Å². The van der Waals surface area contributed by atoms with Gasteiger partial charge in [-0.05, 0) is 19.4 Å². The van der Waals surface area contributed by atoms with E-state index in [-0.39, 0.29) is 6.61 Å². The first-order chi connectivity index (χ1) is 7.72. The molecule has 0 atom stereocenters. The van der Waals surface area contributed by atoms with Crippen LogP contribution in [0.25, 0.3) is 0 Å². The average molecular weight is 243 g/mol. The van der Waals surface area contributed by atoms with Crippen LogP contribution in [0.15, 0.2) is 12.3 Å². The van der Waals surface area contributed by atoms with Gasteiger partial charge in [0.1, 0.15) is 5.82 Å². The Balaban J connectivity index is 2.83. The topological polar surface area (TPSA) is 36.4 Å². The van der Waals surface area contributed by atoms with Gasteiger partial charge in [-0.1, -0.05) is 24.9 Å². The summed E-state index contributed by atoms with van der Waals surface area (Å²) in [6.45, 7) is 6.14. The first kappa shape index (κ1) is 13.3. The van der Waals surface area contributed by atoms with Gasteiger partial charge in [-0.25, -0.2) is 4.98 Å². The number of hydrogen-bond acceptors (Lipinski definition) is 3. The van der Waals surface area contributed by atoms with E-state index in [0.717, 1.165) is 37.3 Å². The SMILES string of the molecule is CCCCN(CC)c1cc(CO)c(Cl)cn1. The predicted octanol–water partition coefficient (Wildman–Crippen LogP) is 2.85. The van der Waals surface area contributed by atoms with E-state index in [1.165, 1.54) is 0 Å². The van der Waals surface area contributed by atoms with Gasteiger partial charge in [-0.15, -0.1) is 0 Å². The zero-order chi connectivity index (χ0) is 12.0. The summed E-state index contributed by atoms with van der Waals surface area (Å²) in [5.41, 5.74) is 0.738. The monoisotopic (exact) mass is 242 g/mol. The fourth-order valence-electron chi connectivity index (χ4n) is 1.55. The molecule has 0 spiro atoms. The van der Waals surface area contributed by atoms with E-state index >= 15 is 0 Å². The molecule has 3 nitrogen and oxygen atoms in total. The lowest BCUT2D eigenvalue weighted by Gasteiger charge is -2.22. The molecular weight excluding hydrogens is 224 g/mol. The Hall–Kier alpha value is -0.800. The third-order valence-electron chi connectivity index (χ3n) is 2.58. The Labute approximate surface area is 102 Å². The van der Waals surface area contributed by atoms with E-state index in [9.17, 15) is 0 Å². The highest BCUT2D eigenvalue weighted by Gasteiger charge is 2.08. The molecule has 0 saturated carbocycles. The van der Waals surface area contributed by atoms with E-state index < -0.39 is 0 Å². The van der Waals surface area contributed by atoms with Crippen LogP contribution in [0, 0.1) is 0 Å². The summed E-state index contributed by atoms with van der Waals surface area (Å²) < 4.78 is 0. The molecule has 1 aromatic rings. The summed E-state index contributed by atoms with van der Waals surface area (Å²) in [5.74, 6) is 0.893. The van der Waals surface area contributed by atoms with E-state index in [0.29, 0.717) is 5.02 Å². The van der Waals surface area contributed by atoms with Crippen LogP contribution < -0.4 is 4.90 Å². The minimum atomic E-state index is -0.0420. The number of anilines is 1. The molecule has 0 unspecified atom stereocenters. The minimum Gasteiger partial charge on any atom is -0.392 e. The third-order valence-corrected chi connectivity index (χ3v) is 2.92. The predicted molar refractivity (Wildman–Crippen MR) is 68.0 cm³/mol. The van der Waals surface area contributed by atoms with Crippen LogP contribution in [0.5, 0.6) is 0 Å². The number of halogens is 1. The lowest BCUT2D eigenvalue weighted by Crippen LogP contribution is -2.24. The molecule has 0 amide bonds. The van der Waals surface area contributed by atoms with Gasteiger partial charge in [0, 0.05) is 24.8 Å². The second-order valence-corrected chi connectivity index (χ2v) is 4.13. The highest BCUT2D eigenvalue weighted by atomic mass is 35.5. The van der Waals surface area contributed by atoms with Gasteiger partial charge in [0.05, 0.1) is 11.6 Å². The van der Waals surface area contributed by atoms with Crippen LogP contribution in [0.3, 0.4) is 0 Å². The molecule has 16 heavy (non-hydrogen) atoms. The molecule has 0 aliphatic rings. The fraction of sp³-hybridized carbons (Fsp3) is 0.583. The smallest absolute Gasteiger partial charge is 0.128 e. The maximum absolute atomic E-state index is 9.14. The first-order valence-electron chi connectivity index (χ1n) is 5.73. The maximum atomic E-state index is 9.14. The molecular formula is C12H19ClN2O. The highest BCUT2D eigenvalue weighted by molar-refractivity contribution is 6.31. The van der Waals surface area contributed by atoms with Gasteiger partial charge in [0.2, 0.25) is 0 Å². The molecule has 0 aliphatic heterocycles. The Kier molecular flexibility index (Phi) is 5.56. The number of hydrogen-bond donors (Lipinski definition) is 1. The fourth-order valence-corrected chi connectivity index (χ4v) is 1.71. The molecule has 0 bridgehead atoms. The lowest BCUT2D eigenvalue weighted by molar-refractivity contribution is 0.282. The molecule has 0 radical (unpaired) electrons. The number of aliphatic hydroxyl groups is 1. The van der Waals surface area contributed by atoms with Crippen molar-refractivity contribution in [1.29, 1.82) is 0 Å². The Morgan fingerprint density at radius 3 is 2.75 bits per heavy atom. The molecule has 0 aliphatic carbocycles. The Bertz CT molecular complexity index is 331. The van der Waals surface area contributed by atoms with Gasteiger partial charge in [0.25, 0.3) is 0 Å². The number of aliphatic hydroxyl groups excluding tert-OH is 1. The van der Waals surface area contributed by atoms with Crippen molar-refractivity contribution in [3.05, 3.63) is 22.8 Å². The summed E-state index contributed by atoms with van der Waals surface area (Å²) >= 11 is 5.91. The van der Waals surface area contributed by atoms with Crippen LogP contribution in [-0.2, 0) is 6.61 Å². The molecule has 1 rings (SSSR count). The van der Waals surface area contributed by atoms with Crippen molar-refractivity contribution >= 4 is 17.4 Å². The molecule has 0 saturated heterocycles. The third kappa shape index (κ3) is 3.35. The second-order valence-electron chi connectivity index (χ2n) is 3.73. The zero-order valence-corrected chi connectivity index (χ0v) is 10.7. The van der Waals surface area contributed by atoms with Crippen molar-refractivity contribution in [3.63, 3.8) is 0 Å². The van der Waals surface area contributed by atoms with Crippen molar-refractivity contribution in [2.24, 2.45) is 0 Å². The minimum absolute atomic E-state index is 0.0420. The highest BCUT2D eigenvalue weighted by Crippen LogP contribution is 2.20. The van der Waals surface area contributed by atoms with Crippen molar-refractivity contribution in [2.45, 2.75) is 33.3 Å². The normalized spacial score (nSPS) is 10.5. The number of nitrogens with zero attached hydrogens (tertiary/aromatic N) is 2. The molecule has 1 N–H and O–H groups in total. The second kappa shape index (κ2) is 6.71. The average Bonchev–Trinajstić information content (AvgIpc) is 2.32. The van der Waals surface area contributed by atoms with Crippen LogP contribution in [-0.4, -0.2) is 23.2 Å². The standard InChI is InChI=1S/C12H19ClN2O/c1-3-5-6-15(4-2)12-7-10(9-16)11(13)8-14-12/h7-8,16H,3-6,9H2,1-2H3. The summed E-state index contributed by atoms with van der Waals surface area (Å²) in [5, 5.41) is 9.67. The Morgan fingerprint density at radius 1 is 1.44 bits per heavy atom. The maximum Gasteiger partial charge on any atom is 0.128 e. The summed E-state index contributed by atoms with van der Waals surface area (Å²) in [7, 11) is 0. The molecule has 90 valence electrons. The summed E-state index contributed by atoms with van der Waals surface area (Å²) in [6, 6.07) is 1.86. The zero-order valence-electron chi connectivity index (χ0n) is 9.91. The van der Waals surface area contributed by atoms with Crippen molar-refractivity contribution in [2.75, 3.05) is 18.0 Å². The number of rotatable bonds is 6. The first-order valence-corrected chi connectivity index (χ1v) is 6.10. The van der Waals surface area contributed by atoms with E-state index in [4.69, 9.17) is 16.7 Å². The quantitative estimate of drug-likeness (QED) is 0.834. The van der Waals surface area contributed by atoms with Crippen molar-refractivity contribution < 1.29 is 5.11 Å². The molecule has 4 heteroatoms. The van der Waals surface area contributed by atoms with Gasteiger partial charge in [0.15, 0.2) is 0 Å². The molecule has 0 fully saturated rings. The number of unbranched alkanes of at least 4 members (excludes halogenated alkanes) is 1. The molecule has 1 aromatic heterocycles. The van der Waals surface area contributed by atoms with Gasteiger partial charge >= 0.3 is 0 Å². The van der Waals surface area contributed by atoms with E-state index in [1.807, 2.05) is 6.07 Å². The van der Waals surface area contributed by atoms with E-state index in [2.05, 4.69) is 23.7 Å². The largest absolute Gasteiger partial charge is 0.392 e. The Morgan fingerprint density at radius 2 is 2.19 bits per heavy atom. The summed E-state index contributed by atoms with van der Waals surface area (Å²) in [6.07, 6.45) is 3.92. The van der Waals surface area contributed by atoms with Crippen LogP contribution in [0.1, 0.15) is 32.3 Å². The van der Waals surface area contributed by atoms with Crippen molar-refractivity contribution in [3.8, 4) is 0 Å². The van der Waals surface area contributed by atoms with Crippen LogP contribution >= 0.6 is 11.6 Å². The van der Waals surface area contributed by atoms with Crippen LogP contribution in [0.4, 0.5) is 5.82 Å².